The summed E-state index contributed by atoms with van der Waals surface area (Å²) in [4.78, 5) is 7.57. The van der Waals surface area contributed by atoms with E-state index in [2.05, 4.69) is 15.3 Å². The maximum atomic E-state index is 13.3. The summed E-state index contributed by atoms with van der Waals surface area (Å²) in [5, 5.41) is 11.1. The molecular weight excluding hydrogens is 226 g/mol. The summed E-state index contributed by atoms with van der Waals surface area (Å²) in [6.45, 7) is 0. The van der Waals surface area contributed by atoms with Gasteiger partial charge in [-0.15, -0.1) is 0 Å². The highest BCUT2D eigenvalue weighted by molar-refractivity contribution is 5.56. The van der Waals surface area contributed by atoms with Crippen molar-refractivity contribution in [2.45, 2.75) is 0 Å². The molecule has 2 rings (SSSR count). The minimum absolute atomic E-state index is 0.0380. The van der Waals surface area contributed by atoms with E-state index in [1.54, 1.807) is 6.07 Å². The second-order valence-corrected chi connectivity index (χ2v) is 3.15. The van der Waals surface area contributed by atoms with Crippen LogP contribution in [0.15, 0.2) is 30.6 Å². The van der Waals surface area contributed by atoms with Crippen LogP contribution in [0.3, 0.4) is 0 Å². The van der Waals surface area contributed by atoms with Crippen LogP contribution in [0.2, 0.25) is 0 Å². The lowest BCUT2D eigenvalue weighted by Gasteiger charge is -2.05. The summed E-state index contributed by atoms with van der Waals surface area (Å²) >= 11 is 0. The van der Waals surface area contributed by atoms with Crippen molar-refractivity contribution in [1.82, 2.24) is 9.97 Å². The van der Waals surface area contributed by atoms with E-state index >= 15 is 0 Å². The Morgan fingerprint density at radius 2 is 2.00 bits per heavy atom. The van der Waals surface area contributed by atoms with Gasteiger partial charge in [-0.25, -0.2) is 18.7 Å². The zero-order chi connectivity index (χ0) is 12.3. The number of nitriles is 1. The molecule has 0 unspecified atom stereocenters. The Morgan fingerprint density at radius 1 is 1.18 bits per heavy atom. The highest BCUT2D eigenvalue weighted by atomic mass is 19.1. The van der Waals surface area contributed by atoms with E-state index in [0.29, 0.717) is 0 Å². The van der Waals surface area contributed by atoms with Gasteiger partial charge >= 0.3 is 0 Å². The van der Waals surface area contributed by atoms with Crippen LogP contribution in [0.4, 0.5) is 20.3 Å². The third kappa shape index (κ3) is 2.52. The summed E-state index contributed by atoms with van der Waals surface area (Å²) in [5.74, 6) is -0.929. The Kier molecular flexibility index (Phi) is 2.92. The Balaban J connectivity index is 2.25. The van der Waals surface area contributed by atoms with Crippen LogP contribution < -0.4 is 5.32 Å². The molecule has 0 saturated heterocycles. The zero-order valence-electron chi connectivity index (χ0n) is 8.48. The van der Waals surface area contributed by atoms with Crippen LogP contribution in [-0.2, 0) is 0 Å². The Bertz CT molecular complexity index is 575. The Labute approximate surface area is 95.6 Å². The summed E-state index contributed by atoms with van der Waals surface area (Å²) in [7, 11) is 0. The molecule has 0 aliphatic rings. The molecular formula is C11H6F2N4. The molecule has 1 N–H and O–H groups in total. The maximum Gasteiger partial charge on any atom is 0.158 e. The molecule has 0 amide bonds. The SMILES string of the molecule is N#Cc1cnc(Nc2cc(F)ccc2F)cn1. The smallest absolute Gasteiger partial charge is 0.158 e. The lowest BCUT2D eigenvalue weighted by Crippen LogP contribution is -1.98. The average molecular weight is 232 g/mol. The molecule has 1 aromatic heterocycles. The minimum Gasteiger partial charge on any atom is -0.336 e. The van der Waals surface area contributed by atoms with Gasteiger partial charge in [0.05, 0.1) is 18.1 Å². The van der Waals surface area contributed by atoms with Gasteiger partial charge in [-0.1, -0.05) is 0 Å². The molecule has 1 heterocycles. The summed E-state index contributed by atoms with van der Waals surface area (Å²) in [6.07, 6.45) is 2.50. The average Bonchev–Trinajstić information content (AvgIpc) is 2.35. The molecule has 0 bridgehead atoms. The highest BCUT2D eigenvalue weighted by Gasteiger charge is 2.05. The molecule has 0 atom stereocenters. The minimum atomic E-state index is -0.599. The monoisotopic (exact) mass is 232 g/mol. The van der Waals surface area contributed by atoms with Gasteiger partial charge < -0.3 is 5.32 Å². The molecule has 6 heteroatoms. The van der Waals surface area contributed by atoms with E-state index in [1.807, 2.05) is 0 Å². The van der Waals surface area contributed by atoms with E-state index < -0.39 is 11.6 Å². The van der Waals surface area contributed by atoms with E-state index in [0.717, 1.165) is 18.2 Å². The van der Waals surface area contributed by atoms with Crippen molar-refractivity contribution in [3.63, 3.8) is 0 Å². The van der Waals surface area contributed by atoms with Crippen molar-refractivity contribution >= 4 is 11.5 Å². The molecule has 2 aromatic rings. The summed E-state index contributed by atoms with van der Waals surface area (Å²) < 4.78 is 26.2. The van der Waals surface area contributed by atoms with Crippen LogP contribution in [0.25, 0.3) is 0 Å². The number of nitrogens with one attached hydrogen (secondary N) is 1. The van der Waals surface area contributed by atoms with Gasteiger partial charge in [0.2, 0.25) is 0 Å². The second kappa shape index (κ2) is 4.53. The summed E-state index contributed by atoms with van der Waals surface area (Å²) in [5.41, 5.74) is 0.110. The van der Waals surface area contributed by atoms with Crippen LogP contribution in [0.1, 0.15) is 5.69 Å². The van der Waals surface area contributed by atoms with Gasteiger partial charge in [-0.3, -0.25) is 0 Å². The largest absolute Gasteiger partial charge is 0.336 e. The normalized spacial score (nSPS) is 9.71. The third-order valence-electron chi connectivity index (χ3n) is 1.96. The second-order valence-electron chi connectivity index (χ2n) is 3.15. The Hall–Kier alpha value is -2.55. The quantitative estimate of drug-likeness (QED) is 0.863. The first-order valence-electron chi connectivity index (χ1n) is 4.63. The number of rotatable bonds is 2. The van der Waals surface area contributed by atoms with E-state index in [9.17, 15) is 8.78 Å². The van der Waals surface area contributed by atoms with E-state index in [1.165, 1.54) is 12.4 Å². The van der Waals surface area contributed by atoms with Crippen molar-refractivity contribution in [1.29, 1.82) is 5.26 Å². The van der Waals surface area contributed by atoms with Gasteiger partial charge in [0, 0.05) is 6.07 Å². The number of hydrogen-bond donors (Lipinski definition) is 1. The van der Waals surface area contributed by atoms with Crippen molar-refractivity contribution in [2.75, 3.05) is 5.32 Å². The van der Waals surface area contributed by atoms with Gasteiger partial charge in [0.15, 0.2) is 5.69 Å². The first kappa shape index (κ1) is 11.0. The number of aromatic nitrogens is 2. The van der Waals surface area contributed by atoms with Gasteiger partial charge in [0.25, 0.3) is 0 Å². The number of benzene rings is 1. The predicted octanol–water partition coefficient (Wildman–Crippen LogP) is 2.37. The molecule has 84 valence electrons. The van der Waals surface area contributed by atoms with Crippen LogP contribution in [0.5, 0.6) is 0 Å². The van der Waals surface area contributed by atoms with Gasteiger partial charge in [-0.05, 0) is 12.1 Å². The molecule has 0 saturated carbocycles. The fourth-order valence-electron chi connectivity index (χ4n) is 1.18. The molecule has 0 aliphatic heterocycles. The molecule has 0 fully saturated rings. The van der Waals surface area contributed by atoms with Crippen molar-refractivity contribution < 1.29 is 8.78 Å². The third-order valence-corrected chi connectivity index (χ3v) is 1.96. The lowest BCUT2D eigenvalue weighted by molar-refractivity contribution is 0.603. The first-order chi connectivity index (χ1) is 8.19. The molecule has 0 aliphatic carbocycles. The molecule has 0 radical (unpaired) electrons. The van der Waals surface area contributed by atoms with Crippen LogP contribution in [-0.4, -0.2) is 9.97 Å². The number of halogens is 2. The molecule has 4 nitrogen and oxygen atoms in total. The first-order valence-corrected chi connectivity index (χ1v) is 4.63. The molecule has 17 heavy (non-hydrogen) atoms. The molecule has 0 spiro atoms. The number of nitrogens with zero attached hydrogens (tertiary/aromatic N) is 3. The van der Waals surface area contributed by atoms with Gasteiger partial charge in [0.1, 0.15) is 23.5 Å². The van der Waals surface area contributed by atoms with Crippen molar-refractivity contribution in [3.05, 3.63) is 47.9 Å². The lowest BCUT2D eigenvalue weighted by atomic mass is 10.3. The maximum absolute atomic E-state index is 13.3. The zero-order valence-corrected chi connectivity index (χ0v) is 8.48. The fraction of sp³-hybridized carbons (Fsp3) is 0. The standard InChI is InChI=1S/C11H6F2N4/c12-7-1-2-9(13)10(3-7)17-11-6-15-8(4-14)5-16-11/h1-3,5-6H,(H,16,17). The summed E-state index contributed by atoms with van der Waals surface area (Å²) in [6, 6.07) is 4.84. The van der Waals surface area contributed by atoms with Crippen LogP contribution >= 0.6 is 0 Å². The van der Waals surface area contributed by atoms with E-state index in [-0.39, 0.29) is 17.2 Å². The van der Waals surface area contributed by atoms with Gasteiger partial charge in [-0.2, -0.15) is 5.26 Å². The molecule has 1 aromatic carbocycles. The number of anilines is 2. The Morgan fingerprint density at radius 3 is 2.65 bits per heavy atom. The van der Waals surface area contributed by atoms with E-state index in [4.69, 9.17) is 5.26 Å². The number of hydrogen-bond acceptors (Lipinski definition) is 4. The topological polar surface area (TPSA) is 61.6 Å². The predicted molar refractivity (Wildman–Crippen MR) is 56.4 cm³/mol. The van der Waals surface area contributed by atoms with Crippen LogP contribution in [0, 0.1) is 23.0 Å². The van der Waals surface area contributed by atoms with Crippen molar-refractivity contribution in [3.8, 4) is 6.07 Å². The van der Waals surface area contributed by atoms with Crippen molar-refractivity contribution in [2.24, 2.45) is 0 Å². The highest BCUT2D eigenvalue weighted by Crippen LogP contribution is 2.18. The fourth-order valence-corrected chi connectivity index (χ4v) is 1.18.